The summed E-state index contributed by atoms with van der Waals surface area (Å²) in [5.41, 5.74) is 4.29. The summed E-state index contributed by atoms with van der Waals surface area (Å²) in [6, 6.07) is 16.3. The summed E-state index contributed by atoms with van der Waals surface area (Å²) < 4.78 is 1.12. The first-order valence-electron chi connectivity index (χ1n) is 9.00. The Morgan fingerprint density at radius 2 is 1.93 bits per heavy atom. The first-order chi connectivity index (χ1) is 13.7. The van der Waals surface area contributed by atoms with Crippen molar-refractivity contribution in [2.24, 2.45) is 0 Å². The van der Waals surface area contributed by atoms with Crippen molar-refractivity contribution in [2.45, 2.75) is 13.3 Å². The Morgan fingerprint density at radius 1 is 1.11 bits per heavy atom. The highest BCUT2D eigenvalue weighted by Crippen LogP contribution is 2.23. The van der Waals surface area contributed by atoms with Gasteiger partial charge in [0, 0.05) is 23.6 Å². The summed E-state index contributed by atoms with van der Waals surface area (Å²) in [5.74, 6) is -0.103. The number of para-hydroxylation sites is 1. The van der Waals surface area contributed by atoms with Crippen molar-refractivity contribution in [1.82, 2.24) is 15.3 Å². The van der Waals surface area contributed by atoms with E-state index in [0.717, 1.165) is 37.9 Å². The molecule has 4 aromatic rings. The summed E-state index contributed by atoms with van der Waals surface area (Å²) in [6.45, 7) is 2.61. The van der Waals surface area contributed by atoms with Crippen molar-refractivity contribution >= 4 is 44.9 Å². The fraction of sp³-hybridized carbons (Fsp3) is 0.136. The first kappa shape index (κ1) is 18.5. The Morgan fingerprint density at radius 3 is 2.68 bits per heavy atom. The lowest BCUT2D eigenvalue weighted by atomic mass is 10.1. The molecule has 0 saturated carbocycles. The highest BCUT2D eigenvalue weighted by molar-refractivity contribution is 7.19. The Kier molecular flexibility index (Phi) is 5.60. The zero-order chi connectivity index (χ0) is 19.3. The largest absolute Gasteiger partial charge is 0.352 e. The second kappa shape index (κ2) is 8.46. The zero-order valence-electron chi connectivity index (χ0n) is 15.4. The number of amides is 1. The Bertz CT molecular complexity index is 1090. The van der Waals surface area contributed by atoms with Crippen molar-refractivity contribution < 1.29 is 4.79 Å². The van der Waals surface area contributed by atoms with E-state index in [-0.39, 0.29) is 5.91 Å². The minimum absolute atomic E-state index is 0.103. The van der Waals surface area contributed by atoms with Crippen LogP contribution in [0.25, 0.3) is 27.6 Å². The number of benzene rings is 2. The molecular weight excluding hydrogens is 386 g/mol. The molecule has 4 rings (SSSR count). The third kappa shape index (κ3) is 4.52. The number of hydrogen-bond acceptors (Lipinski definition) is 5. The highest BCUT2D eigenvalue weighted by atomic mass is 32.1. The molecule has 2 aromatic carbocycles. The molecule has 0 atom stereocenters. The Balaban J connectivity index is 1.28. The summed E-state index contributed by atoms with van der Waals surface area (Å²) in [4.78, 5) is 21.0. The number of aryl methyl sites for hydroxylation is 1. The van der Waals surface area contributed by atoms with Crippen molar-refractivity contribution in [3.8, 4) is 11.3 Å². The van der Waals surface area contributed by atoms with E-state index in [1.54, 1.807) is 34.8 Å². The number of hydrogen-bond donors (Lipinski definition) is 1. The van der Waals surface area contributed by atoms with Gasteiger partial charge in [-0.2, -0.15) is 0 Å². The predicted molar refractivity (Wildman–Crippen MR) is 118 cm³/mol. The van der Waals surface area contributed by atoms with Gasteiger partial charge in [-0.1, -0.05) is 36.4 Å². The van der Waals surface area contributed by atoms with E-state index in [9.17, 15) is 4.79 Å². The van der Waals surface area contributed by atoms with Gasteiger partial charge in [0.2, 0.25) is 5.91 Å². The van der Waals surface area contributed by atoms with E-state index < -0.39 is 0 Å². The van der Waals surface area contributed by atoms with Crippen LogP contribution in [0.1, 0.15) is 15.6 Å². The van der Waals surface area contributed by atoms with Gasteiger partial charge in [0.1, 0.15) is 5.01 Å². The lowest BCUT2D eigenvalue weighted by Gasteiger charge is -2.04. The quantitative estimate of drug-likeness (QED) is 0.454. The molecule has 0 aliphatic heterocycles. The summed E-state index contributed by atoms with van der Waals surface area (Å²) in [6.07, 6.45) is 4.10. The van der Waals surface area contributed by atoms with Crippen LogP contribution in [0, 0.1) is 6.92 Å². The molecule has 0 fully saturated rings. The fourth-order valence-corrected chi connectivity index (χ4v) is 4.33. The van der Waals surface area contributed by atoms with E-state index >= 15 is 0 Å². The van der Waals surface area contributed by atoms with Gasteiger partial charge < -0.3 is 5.32 Å². The number of thiazole rings is 2. The van der Waals surface area contributed by atoms with Crippen molar-refractivity contribution in [2.75, 3.05) is 6.54 Å². The maximum absolute atomic E-state index is 12.0. The normalized spacial score (nSPS) is 11.3. The van der Waals surface area contributed by atoms with Crippen LogP contribution in [-0.2, 0) is 11.2 Å². The molecule has 0 aliphatic rings. The van der Waals surface area contributed by atoms with Crippen LogP contribution in [0.15, 0.2) is 60.0 Å². The highest BCUT2D eigenvalue weighted by Gasteiger charge is 2.03. The van der Waals surface area contributed by atoms with E-state index in [1.165, 1.54) is 5.56 Å². The van der Waals surface area contributed by atoms with Crippen LogP contribution < -0.4 is 5.32 Å². The monoisotopic (exact) mass is 405 g/mol. The van der Waals surface area contributed by atoms with Crippen LogP contribution in [0.2, 0.25) is 0 Å². The van der Waals surface area contributed by atoms with E-state index in [0.29, 0.717) is 6.54 Å². The molecule has 0 saturated heterocycles. The van der Waals surface area contributed by atoms with E-state index in [1.807, 2.05) is 31.2 Å². The third-order valence-electron chi connectivity index (χ3n) is 4.27. The second-order valence-electron chi connectivity index (χ2n) is 6.34. The fourth-order valence-electron chi connectivity index (χ4n) is 2.84. The first-order valence-corrected chi connectivity index (χ1v) is 10.7. The zero-order valence-corrected chi connectivity index (χ0v) is 17.0. The third-order valence-corrected chi connectivity index (χ3v) is 6.04. The van der Waals surface area contributed by atoms with Crippen molar-refractivity contribution in [1.29, 1.82) is 0 Å². The number of aromatic nitrogens is 2. The van der Waals surface area contributed by atoms with Crippen molar-refractivity contribution in [3.05, 3.63) is 75.6 Å². The van der Waals surface area contributed by atoms with Gasteiger partial charge in [0.05, 0.1) is 20.9 Å². The number of rotatable bonds is 6. The lowest BCUT2D eigenvalue weighted by Crippen LogP contribution is -2.23. The number of nitrogens with one attached hydrogen (secondary N) is 1. The van der Waals surface area contributed by atoms with Crippen LogP contribution in [-0.4, -0.2) is 22.4 Å². The minimum atomic E-state index is -0.103. The molecule has 2 heterocycles. The number of carbonyl (C=O) groups is 1. The SMILES string of the molecule is Cc1nc(-c2ccc(CCNC(=O)/C=C/c3nc4ccccc4s3)cc2)cs1. The topological polar surface area (TPSA) is 54.9 Å². The Hall–Kier alpha value is -2.83. The van der Waals surface area contributed by atoms with Crippen LogP contribution >= 0.6 is 22.7 Å². The molecular formula is C22H19N3OS2. The minimum Gasteiger partial charge on any atom is -0.352 e. The number of nitrogens with zero attached hydrogens (tertiary/aromatic N) is 2. The molecule has 1 N–H and O–H groups in total. The van der Waals surface area contributed by atoms with Gasteiger partial charge in [0.25, 0.3) is 0 Å². The average Bonchev–Trinajstić information content (AvgIpc) is 3.33. The second-order valence-corrected chi connectivity index (χ2v) is 8.47. The van der Waals surface area contributed by atoms with Gasteiger partial charge in [0.15, 0.2) is 0 Å². The standard InChI is InChI=1S/C22H19N3OS2/c1-15-24-19(14-27-15)17-8-6-16(7-9-17)12-13-23-21(26)10-11-22-25-18-4-2-3-5-20(18)28-22/h2-11,14H,12-13H2,1H3,(H,23,26)/b11-10+. The molecule has 0 aliphatic carbocycles. The smallest absolute Gasteiger partial charge is 0.244 e. The summed E-state index contributed by atoms with van der Waals surface area (Å²) in [5, 5.41) is 6.90. The van der Waals surface area contributed by atoms with Gasteiger partial charge in [-0.05, 0) is 37.1 Å². The lowest BCUT2D eigenvalue weighted by molar-refractivity contribution is -0.116. The van der Waals surface area contributed by atoms with E-state index in [2.05, 4.69) is 44.9 Å². The van der Waals surface area contributed by atoms with Crippen molar-refractivity contribution in [3.63, 3.8) is 0 Å². The number of carbonyl (C=O) groups excluding carboxylic acids is 1. The molecule has 4 nitrogen and oxygen atoms in total. The van der Waals surface area contributed by atoms with Gasteiger partial charge >= 0.3 is 0 Å². The molecule has 140 valence electrons. The molecule has 0 spiro atoms. The molecule has 1 amide bonds. The van der Waals surface area contributed by atoms with Crippen LogP contribution in [0.3, 0.4) is 0 Å². The predicted octanol–water partition coefficient (Wildman–Crippen LogP) is 5.10. The number of fused-ring (bicyclic) bond motifs is 1. The Labute approximate surface area is 171 Å². The van der Waals surface area contributed by atoms with Crippen LogP contribution in [0.5, 0.6) is 0 Å². The summed E-state index contributed by atoms with van der Waals surface area (Å²) in [7, 11) is 0. The maximum atomic E-state index is 12.0. The van der Waals surface area contributed by atoms with Crippen LogP contribution in [0.4, 0.5) is 0 Å². The van der Waals surface area contributed by atoms with E-state index in [4.69, 9.17) is 0 Å². The van der Waals surface area contributed by atoms with Gasteiger partial charge in [-0.3, -0.25) is 4.79 Å². The molecule has 0 bridgehead atoms. The molecule has 6 heteroatoms. The summed E-state index contributed by atoms with van der Waals surface area (Å²) >= 11 is 3.23. The molecule has 0 unspecified atom stereocenters. The molecule has 28 heavy (non-hydrogen) atoms. The van der Waals surface area contributed by atoms with Gasteiger partial charge in [-0.15, -0.1) is 22.7 Å². The van der Waals surface area contributed by atoms with Gasteiger partial charge in [-0.25, -0.2) is 9.97 Å². The molecule has 0 radical (unpaired) electrons. The average molecular weight is 406 g/mol. The molecule has 2 aromatic heterocycles. The maximum Gasteiger partial charge on any atom is 0.244 e.